The minimum Gasteiger partial charge on any atom is -0.345 e. The van der Waals surface area contributed by atoms with Crippen molar-refractivity contribution in [3.63, 3.8) is 0 Å². The molecule has 0 saturated carbocycles. The SMILES string of the molecule is O=C(Nc1ccccc1C(=O)NC1CCc2ccccc21)c1ccsc1. The summed E-state index contributed by atoms with van der Waals surface area (Å²) in [6.07, 6.45) is 1.87. The van der Waals surface area contributed by atoms with E-state index in [1.165, 1.54) is 22.5 Å². The standard InChI is InChI=1S/C21H18N2O2S/c24-20(15-11-12-26-13-15)22-18-8-4-3-7-17(18)21(25)23-19-10-9-14-5-1-2-6-16(14)19/h1-8,11-13,19H,9-10H2,(H,22,24)(H,23,25). The molecule has 0 aliphatic heterocycles. The predicted octanol–water partition coefficient (Wildman–Crippen LogP) is 4.42. The van der Waals surface area contributed by atoms with Crippen LogP contribution in [0.2, 0.25) is 0 Å². The topological polar surface area (TPSA) is 58.2 Å². The Morgan fingerprint density at radius 1 is 0.962 bits per heavy atom. The second-order valence-electron chi connectivity index (χ2n) is 6.28. The van der Waals surface area contributed by atoms with Crippen LogP contribution >= 0.6 is 11.3 Å². The zero-order valence-corrected chi connectivity index (χ0v) is 14.9. The number of hydrogen-bond donors (Lipinski definition) is 2. The Hall–Kier alpha value is -2.92. The summed E-state index contributed by atoms with van der Waals surface area (Å²) in [5, 5.41) is 9.59. The highest BCUT2D eigenvalue weighted by Crippen LogP contribution is 2.31. The van der Waals surface area contributed by atoms with Crippen LogP contribution in [0.3, 0.4) is 0 Å². The van der Waals surface area contributed by atoms with E-state index in [1.54, 1.807) is 29.6 Å². The summed E-state index contributed by atoms with van der Waals surface area (Å²) in [6.45, 7) is 0. The Kier molecular flexibility index (Phi) is 4.54. The third-order valence-corrected chi connectivity index (χ3v) is 5.32. The maximum Gasteiger partial charge on any atom is 0.256 e. The van der Waals surface area contributed by atoms with Gasteiger partial charge in [0.2, 0.25) is 0 Å². The maximum atomic E-state index is 12.8. The van der Waals surface area contributed by atoms with E-state index in [0.29, 0.717) is 16.8 Å². The third-order valence-electron chi connectivity index (χ3n) is 4.64. The van der Waals surface area contributed by atoms with Crippen molar-refractivity contribution in [3.05, 3.63) is 87.6 Å². The van der Waals surface area contributed by atoms with Crippen molar-refractivity contribution in [2.75, 3.05) is 5.32 Å². The lowest BCUT2D eigenvalue weighted by molar-refractivity contribution is 0.0937. The number of hydrogen-bond acceptors (Lipinski definition) is 3. The number of fused-ring (bicyclic) bond motifs is 1. The van der Waals surface area contributed by atoms with Gasteiger partial charge < -0.3 is 10.6 Å². The average molecular weight is 362 g/mol. The van der Waals surface area contributed by atoms with Crippen molar-refractivity contribution in [3.8, 4) is 0 Å². The van der Waals surface area contributed by atoms with Crippen molar-refractivity contribution in [1.82, 2.24) is 5.32 Å². The first-order chi connectivity index (χ1) is 12.7. The molecule has 1 aliphatic rings. The summed E-state index contributed by atoms with van der Waals surface area (Å²) in [6, 6.07) is 17.1. The second kappa shape index (κ2) is 7.14. The molecule has 1 aliphatic carbocycles. The van der Waals surface area contributed by atoms with Crippen LogP contribution in [-0.4, -0.2) is 11.8 Å². The molecule has 1 aromatic heterocycles. The van der Waals surface area contributed by atoms with Gasteiger partial charge in [-0.3, -0.25) is 9.59 Å². The molecule has 0 radical (unpaired) electrons. The Balaban J connectivity index is 1.53. The van der Waals surface area contributed by atoms with E-state index in [4.69, 9.17) is 0 Å². The largest absolute Gasteiger partial charge is 0.345 e. The van der Waals surface area contributed by atoms with Crippen LogP contribution in [0.5, 0.6) is 0 Å². The number of thiophene rings is 1. The number of para-hydroxylation sites is 1. The van der Waals surface area contributed by atoms with Gasteiger partial charge in [0, 0.05) is 5.38 Å². The van der Waals surface area contributed by atoms with E-state index in [2.05, 4.69) is 22.8 Å². The van der Waals surface area contributed by atoms with Gasteiger partial charge in [-0.2, -0.15) is 11.3 Å². The zero-order valence-electron chi connectivity index (χ0n) is 14.1. The van der Waals surface area contributed by atoms with Gasteiger partial charge in [0.25, 0.3) is 11.8 Å². The number of rotatable bonds is 4. The van der Waals surface area contributed by atoms with Crippen LogP contribution in [0, 0.1) is 0 Å². The molecular weight excluding hydrogens is 344 g/mol. The fourth-order valence-corrected chi connectivity index (χ4v) is 3.96. The van der Waals surface area contributed by atoms with Crippen LogP contribution < -0.4 is 10.6 Å². The third kappa shape index (κ3) is 3.26. The lowest BCUT2D eigenvalue weighted by Crippen LogP contribution is -2.28. The molecule has 2 N–H and O–H groups in total. The van der Waals surface area contributed by atoms with Gasteiger partial charge in [-0.15, -0.1) is 0 Å². The molecule has 2 amide bonds. The Morgan fingerprint density at radius 2 is 1.77 bits per heavy atom. The quantitative estimate of drug-likeness (QED) is 0.722. The zero-order chi connectivity index (χ0) is 17.9. The average Bonchev–Trinajstić information content (AvgIpc) is 3.33. The molecule has 0 fully saturated rings. The van der Waals surface area contributed by atoms with Gasteiger partial charge in [0.05, 0.1) is 22.9 Å². The monoisotopic (exact) mass is 362 g/mol. The van der Waals surface area contributed by atoms with Gasteiger partial charge in [0.15, 0.2) is 0 Å². The molecule has 3 aromatic rings. The molecule has 5 heteroatoms. The second-order valence-corrected chi connectivity index (χ2v) is 7.06. The number of carbonyl (C=O) groups is 2. The van der Waals surface area contributed by atoms with Gasteiger partial charge >= 0.3 is 0 Å². The van der Waals surface area contributed by atoms with Crippen LogP contribution in [-0.2, 0) is 6.42 Å². The van der Waals surface area contributed by atoms with Crippen LogP contribution in [0.25, 0.3) is 0 Å². The summed E-state index contributed by atoms with van der Waals surface area (Å²) in [5.41, 5.74) is 4.06. The maximum absolute atomic E-state index is 12.8. The molecule has 0 bridgehead atoms. The van der Waals surface area contributed by atoms with Gasteiger partial charge in [0.1, 0.15) is 0 Å². The number of carbonyl (C=O) groups excluding carboxylic acids is 2. The summed E-state index contributed by atoms with van der Waals surface area (Å²) in [4.78, 5) is 25.2. The van der Waals surface area contributed by atoms with Crippen molar-refractivity contribution in [1.29, 1.82) is 0 Å². The van der Waals surface area contributed by atoms with Crippen molar-refractivity contribution in [2.24, 2.45) is 0 Å². The summed E-state index contributed by atoms with van der Waals surface area (Å²) in [7, 11) is 0. The van der Waals surface area contributed by atoms with E-state index in [1.807, 2.05) is 23.6 Å². The van der Waals surface area contributed by atoms with Crippen molar-refractivity contribution in [2.45, 2.75) is 18.9 Å². The van der Waals surface area contributed by atoms with Crippen LogP contribution in [0.1, 0.15) is 44.3 Å². The molecule has 1 atom stereocenters. The Labute approximate surface area is 155 Å². The molecule has 1 unspecified atom stereocenters. The summed E-state index contributed by atoms with van der Waals surface area (Å²) >= 11 is 1.46. The number of amides is 2. The van der Waals surface area contributed by atoms with Gasteiger partial charge in [-0.1, -0.05) is 36.4 Å². The Bertz CT molecular complexity index is 950. The lowest BCUT2D eigenvalue weighted by atomic mass is 10.1. The molecule has 0 spiro atoms. The van der Waals surface area contributed by atoms with Crippen molar-refractivity contribution >= 4 is 28.8 Å². The van der Waals surface area contributed by atoms with E-state index < -0.39 is 0 Å². The molecule has 2 aromatic carbocycles. The van der Waals surface area contributed by atoms with Gasteiger partial charge in [-0.05, 0) is 47.5 Å². The summed E-state index contributed by atoms with van der Waals surface area (Å²) < 4.78 is 0. The molecule has 26 heavy (non-hydrogen) atoms. The molecule has 1 heterocycles. The molecular formula is C21H18N2O2S. The molecule has 0 saturated heterocycles. The van der Waals surface area contributed by atoms with Crippen LogP contribution in [0.4, 0.5) is 5.69 Å². The van der Waals surface area contributed by atoms with E-state index in [-0.39, 0.29) is 17.9 Å². The highest BCUT2D eigenvalue weighted by Gasteiger charge is 2.24. The van der Waals surface area contributed by atoms with E-state index in [0.717, 1.165) is 12.8 Å². The number of benzene rings is 2. The first kappa shape index (κ1) is 16.5. The summed E-state index contributed by atoms with van der Waals surface area (Å²) in [5.74, 6) is -0.384. The smallest absolute Gasteiger partial charge is 0.256 e. The molecule has 130 valence electrons. The minimum absolute atomic E-state index is 0.0133. The Morgan fingerprint density at radius 3 is 2.62 bits per heavy atom. The van der Waals surface area contributed by atoms with E-state index in [9.17, 15) is 9.59 Å². The highest BCUT2D eigenvalue weighted by molar-refractivity contribution is 7.08. The highest BCUT2D eigenvalue weighted by atomic mass is 32.1. The first-order valence-corrected chi connectivity index (χ1v) is 9.48. The molecule has 4 rings (SSSR count). The lowest BCUT2D eigenvalue weighted by Gasteiger charge is -2.16. The van der Waals surface area contributed by atoms with Gasteiger partial charge in [-0.25, -0.2) is 0 Å². The predicted molar refractivity (Wildman–Crippen MR) is 104 cm³/mol. The fourth-order valence-electron chi connectivity index (χ4n) is 3.32. The van der Waals surface area contributed by atoms with Crippen LogP contribution in [0.15, 0.2) is 65.4 Å². The number of aryl methyl sites for hydroxylation is 1. The molecule has 4 nitrogen and oxygen atoms in total. The van der Waals surface area contributed by atoms with Crippen molar-refractivity contribution < 1.29 is 9.59 Å². The number of anilines is 1. The fraction of sp³-hybridized carbons (Fsp3) is 0.143. The normalized spacial score (nSPS) is 15.3. The minimum atomic E-state index is -0.210. The first-order valence-electron chi connectivity index (χ1n) is 8.53. The number of nitrogens with one attached hydrogen (secondary N) is 2. The van der Waals surface area contributed by atoms with E-state index >= 15 is 0 Å².